The van der Waals surface area contributed by atoms with E-state index >= 15 is 0 Å². The molecule has 0 saturated heterocycles. The lowest BCUT2D eigenvalue weighted by atomic mass is 10.0. The molecule has 0 bridgehead atoms. The largest absolute Gasteiger partial charge is 0.494 e. The van der Waals surface area contributed by atoms with Crippen molar-refractivity contribution in [1.82, 2.24) is 5.32 Å². The van der Waals surface area contributed by atoms with Crippen LogP contribution >= 0.6 is 0 Å². The van der Waals surface area contributed by atoms with Gasteiger partial charge in [0.25, 0.3) is 0 Å². The summed E-state index contributed by atoms with van der Waals surface area (Å²) in [7, 11) is 0. The highest BCUT2D eigenvalue weighted by Gasteiger charge is 2.00. The molecule has 0 atom stereocenters. The van der Waals surface area contributed by atoms with Gasteiger partial charge in [-0.15, -0.1) is 0 Å². The summed E-state index contributed by atoms with van der Waals surface area (Å²) in [4.78, 5) is 0. The summed E-state index contributed by atoms with van der Waals surface area (Å²) in [6.07, 6.45) is 3.50. The Morgan fingerprint density at radius 1 is 1.17 bits per heavy atom. The van der Waals surface area contributed by atoms with Gasteiger partial charge >= 0.3 is 0 Å². The predicted octanol–water partition coefficient (Wildman–Crippen LogP) is 3.97. The third-order valence-corrected chi connectivity index (χ3v) is 2.97. The highest BCUT2D eigenvalue weighted by atomic mass is 16.5. The van der Waals surface area contributed by atoms with Crippen LogP contribution in [-0.2, 0) is 0 Å². The summed E-state index contributed by atoms with van der Waals surface area (Å²) < 4.78 is 5.78. The molecule has 0 saturated carbocycles. The van der Waals surface area contributed by atoms with Gasteiger partial charge in [0.1, 0.15) is 5.75 Å². The van der Waals surface area contributed by atoms with Gasteiger partial charge in [-0.25, -0.2) is 0 Å². The summed E-state index contributed by atoms with van der Waals surface area (Å²) in [5.74, 6) is 1.56. The fourth-order valence-electron chi connectivity index (χ4n) is 1.81. The second-order valence-electron chi connectivity index (χ2n) is 5.03. The molecule has 0 unspecified atom stereocenters. The Kier molecular flexibility index (Phi) is 7.51. The van der Waals surface area contributed by atoms with Gasteiger partial charge in [0.15, 0.2) is 0 Å². The maximum Gasteiger partial charge on any atom is 0.119 e. The van der Waals surface area contributed by atoms with E-state index in [1.54, 1.807) is 0 Å². The quantitative estimate of drug-likeness (QED) is 0.669. The van der Waals surface area contributed by atoms with Crippen LogP contribution in [0.1, 0.15) is 51.5 Å². The molecule has 1 rings (SSSR count). The lowest BCUT2D eigenvalue weighted by Crippen LogP contribution is -2.16. The maximum absolute atomic E-state index is 5.78. The van der Waals surface area contributed by atoms with Crippen molar-refractivity contribution in [3.63, 3.8) is 0 Å². The third kappa shape index (κ3) is 6.06. The van der Waals surface area contributed by atoms with Gasteiger partial charge in [0, 0.05) is 0 Å². The fraction of sp³-hybridized carbons (Fsp3) is 0.625. The van der Waals surface area contributed by atoms with Crippen molar-refractivity contribution < 1.29 is 4.74 Å². The van der Waals surface area contributed by atoms with E-state index in [1.807, 2.05) is 6.07 Å². The van der Waals surface area contributed by atoms with E-state index in [0.717, 1.165) is 31.9 Å². The smallest absolute Gasteiger partial charge is 0.119 e. The lowest BCUT2D eigenvalue weighted by Gasteiger charge is -2.10. The molecule has 0 fully saturated rings. The summed E-state index contributed by atoms with van der Waals surface area (Å²) in [5.41, 5.74) is 1.34. The van der Waals surface area contributed by atoms with Crippen LogP contribution in [0.4, 0.5) is 0 Å². The molecule has 0 aliphatic rings. The molecule has 18 heavy (non-hydrogen) atoms. The van der Waals surface area contributed by atoms with Crippen molar-refractivity contribution in [2.75, 3.05) is 19.7 Å². The molecule has 0 heterocycles. The van der Waals surface area contributed by atoms with Crippen LogP contribution < -0.4 is 10.1 Å². The van der Waals surface area contributed by atoms with Crippen molar-refractivity contribution in [2.45, 2.75) is 46.0 Å². The van der Waals surface area contributed by atoms with Crippen molar-refractivity contribution >= 4 is 0 Å². The van der Waals surface area contributed by atoms with E-state index in [2.05, 4.69) is 44.3 Å². The first-order valence-corrected chi connectivity index (χ1v) is 7.17. The maximum atomic E-state index is 5.78. The molecule has 1 aromatic carbocycles. The molecule has 1 N–H and O–H groups in total. The van der Waals surface area contributed by atoms with Gasteiger partial charge in [0.2, 0.25) is 0 Å². The Balaban J connectivity index is 2.17. The van der Waals surface area contributed by atoms with Crippen LogP contribution in [0.5, 0.6) is 5.75 Å². The summed E-state index contributed by atoms with van der Waals surface area (Å²) in [6, 6.07) is 8.43. The highest BCUT2D eigenvalue weighted by Crippen LogP contribution is 2.20. The van der Waals surface area contributed by atoms with Crippen LogP contribution in [0.15, 0.2) is 24.3 Å². The lowest BCUT2D eigenvalue weighted by molar-refractivity contribution is 0.305. The Bertz CT molecular complexity index is 323. The second kappa shape index (κ2) is 8.98. The van der Waals surface area contributed by atoms with Crippen molar-refractivity contribution in [3.8, 4) is 5.75 Å². The number of ether oxygens (including phenoxy) is 1. The first-order chi connectivity index (χ1) is 8.74. The molecule has 0 aromatic heterocycles. The second-order valence-corrected chi connectivity index (χ2v) is 5.03. The van der Waals surface area contributed by atoms with E-state index in [9.17, 15) is 0 Å². The average Bonchev–Trinajstić information content (AvgIpc) is 2.38. The number of hydrogen-bond donors (Lipinski definition) is 1. The number of benzene rings is 1. The number of nitrogens with one attached hydrogen (secondary N) is 1. The normalized spacial score (nSPS) is 10.9. The minimum atomic E-state index is 0.562. The Hall–Kier alpha value is -1.02. The molecule has 2 nitrogen and oxygen atoms in total. The van der Waals surface area contributed by atoms with E-state index in [0.29, 0.717) is 5.92 Å². The Labute approximate surface area is 112 Å². The molecule has 0 radical (unpaired) electrons. The molecule has 0 amide bonds. The number of hydrogen-bond acceptors (Lipinski definition) is 2. The van der Waals surface area contributed by atoms with Crippen LogP contribution in [0, 0.1) is 0 Å². The van der Waals surface area contributed by atoms with Crippen LogP contribution in [0.25, 0.3) is 0 Å². The first kappa shape index (κ1) is 15.0. The van der Waals surface area contributed by atoms with Crippen LogP contribution in [0.2, 0.25) is 0 Å². The van der Waals surface area contributed by atoms with Gasteiger partial charge in [-0.3, -0.25) is 0 Å². The average molecular weight is 249 g/mol. The molecule has 0 aliphatic heterocycles. The Morgan fingerprint density at radius 3 is 2.72 bits per heavy atom. The summed E-state index contributed by atoms with van der Waals surface area (Å²) in [5, 5.41) is 3.40. The summed E-state index contributed by atoms with van der Waals surface area (Å²) >= 11 is 0. The van der Waals surface area contributed by atoms with E-state index < -0.39 is 0 Å². The van der Waals surface area contributed by atoms with Crippen molar-refractivity contribution in [3.05, 3.63) is 29.8 Å². The zero-order valence-electron chi connectivity index (χ0n) is 12.0. The van der Waals surface area contributed by atoms with E-state index in [1.165, 1.54) is 18.4 Å². The van der Waals surface area contributed by atoms with Gasteiger partial charge in [0.05, 0.1) is 6.61 Å². The molecular formula is C16H27NO. The molecule has 0 aliphatic carbocycles. The van der Waals surface area contributed by atoms with Crippen molar-refractivity contribution in [2.24, 2.45) is 0 Å². The predicted molar refractivity (Wildman–Crippen MR) is 78.4 cm³/mol. The molecule has 2 heteroatoms. The summed E-state index contributed by atoms with van der Waals surface area (Å²) in [6.45, 7) is 9.64. The third-order valence-electron chi connectivity index (χ3n) is 2.97. The SMILES string of the molecule is CCCNCCCCOc1cccc(C(C)C)c1. The van der Waals surface area contributed by atoms with Gasteiger partial charge < -0.3 is 10.1 Å². The monoisotopic (exact) mass is 249 g/mol. The van der Waals surface area contributed by atoms with Gasteiger partial charge in [-0.05, 0) is 56.0 Å². The van der Waals surface area contributed by atoms with E-state index in [-0.39, 0.29) is 0 Å². The molecule has 1 aromatic rings. The molecule has 102 valence electrons. The highest BCUT2D eigenvalue weighted by molar-refractivity contribution is 5.30. The topological polar surface area (TPSA) is 21.3 Å². The Morgan fingerprint density at radius 2 is 2.00 bits per heavy atom. The minimum Gasteiger partial charge on any atom is -0.494 e. The van der Waals surface area contributed by atoms with Gasteiger partial charge in [-0.2, -0.15) is 0 Å². The number of rotatable bonds is 9. The first-order valence-electron chi connectivity index (χ1n) is 7.17. The van der Waals surface area contributed by atoms with E-state index in [4.69, 9.17) is 4.74 Å². The molecule has 0 spiro atoms. The molecular weight excluding hydrogens is 222 g/mol. The number of unbranched alkanes of at least 4 members (excludes halogenated alkanes) is 1. The standard InChI is InChI=1S/C16H27NO/c1-4-10-17-11-5-6-12-18-16-9-7-8-15(13-16)14(2)3/h7-9,13-14,17H,4-6,10-12H2,1-3H3. The van der Waals surface area contributed by atoms with Gasteiger partial charge in [-0.1, -0.05) is 32.9 Å². The van der Waals surface area contributed by atoms with Crippen LogP contribution in [-0.4, -0.2) is 19.7 Å². The zero-order valence-corrected chi connectivity index (χ0v) is 12.0. The van der Waals surface area contributed by atoms with Crippen molar-refractivity contribution in [1.29, 1.82) is 0 Å². The fourth-order valence-corrected chi connectivity index (χ4v) is 1.81. The van der Waals surface area contributed by atoms with Crippen LogP contribution in [0.3, 0.4) is 0 Å². The minimum absolute atomic E-state index is 0.562. The zero-order chi connectivity index (χ0) is 13.2.